The average Bonchev–Trinajstić information content (AvgIpc) is 2.10. The number of hydrogen-bond acceptors (Lipinski definition) is 0. The number of hydrogen-bond donors (Lipinski definition) is 0. The summed E-state index contributed by atoms with van der Waals surface area (Å²) in [7, 11) is 1.29. The van der Waals surface area contributed by atoms with Crippen LogP contribution in [0.3, 0.4) is 0 Å². The van der Waals surface area contributed by atoms with E-state index in [-0.39, 0.29) is 0 Å². The van der Waals surface area contributed by atoms with Crippen LogP contribution >= 0.6 is 0 Å². The smallest absolute Gasteiger partial charge is 0.424 e. The van der Waals surface area contributed by atoms with Crippen LogP contribution in [-0.2, 0) is 0 Å². The summed E-state index contributed by atoms with van der Waals surface area (Å²) in [5.41, 5.74) is -1.77. The predicted octanol–water partition coefficient (Wildman–Crippen LogP) is 3.71. The van der Waals surface area contributed by atoms with Crippen LogP contribution in [0.1, 0.15) is 0 Å². The van der Waals surface area contributed by atoms with Gasteiger partial charge in [-0.2, -0.15) is 13.2 Å². The van der Waals surface area contributed by atoms with Crippen molar-refractivity contribution in [3.8, 4) is 0 Å². The minimum atomic E-state index is -5.80. The lowest BCUT2D eigenvalue weighted by Gasteiger charge is -2.58. The van der Waals surface area contributed by atoms with Crippen molar-refractivity contribution in [2.45, 2.75) is 24.6 Å². The molecule has 0 fully saturated rings. The molecule has 1 heterocycles. The van der Waals surface area contributed by atoms with Gasteiger partial charge < -0.3 is 4.39 Å². The van der Waals surface area contributed by atoms with Crippen LogP contribution in [0, 0.1) is 0 Å². The Morgan fingerprint density at radius 2 is 1.30 bits per heavy atom. The minimum Gasteiger partial charge on any atom is -0.504 e. The second-order valence-corrected chi connectivity index (χ2v) is 5.47. The van der Waals surface area contributed by atoms with Gasteiger partial charge in [-0.25, -0.2) is 26.3 Å². The SMILES string of the molecule is C[N+]1(C)CC=C(C(F)(F)F)C[B-]1(C(F)(F)F)C(F)(F)F. The summed E-state index contributed by atoms with van der Waals surface area (Å²) < 4.78 is 114. The van der Waals surface area contributed by atoms with Crippen LogP contribution in [-0.4, -0.2) is 49.6 Å². The van der Waals surface area contributed by atoms with Gasteiger partial charge in [0.25, 0.3) is 0 Å². The van der Waals surface area contributed by atoms with E-state index in [4.69, 9.17) is 0 Å². The number of likely N-dealkylation sites (N-methyl/N-ethyl adjacent to an activating group) is 1. The van der Waals surface area contributed by atoms with Crippen molar-refractivity contribution in [2.24, 2.45) is 0 Å². The molecule has 0 N–H and O–H groups in total. The van der Waals surface area contributed by atoms with Crippen molar-refractivity contribution in [1.82, 2.24) is 0 Å². The third-order valence-corrected chi connectivity index (χ3v) is 3.96. The Hall–Kier alpha value is -0.865. The van der Waals surface area contributed by atoms with Gasteiger partial charge in [-0.1, -0.05) is 6.32 Å². The van der Waals surface area contributed by atoms with Gasteiger partial charge in [0.2, 0.25) is 0 Å². The molecule has 0 bridgehead atoms. The molecule has 0 saturated heterocycles. The summed E-state index contributed by atoms with van der Waals surface area (Å²) in [6.07, 6.45) is -23.8. The molecule has 0 spiro atoms. The van der Waals surface area contributed by atoms with Gasteiger partial charge in [-0.05, 0) is 6.08 Å². The largest absolute Gasteiger partial charge is 0.504 e. The Balaban J connectivity index is 3.54. The average molecular weight is 315 g/mol. The second-order valence-electron chi connectivity index (χ2n) is 5.47. The molecule has 0 unspecified atom stereocenters. The summed E-state index contributed by atoms with van der Waals surface area (Å²) >= 11 is 0. The van der Waals surface area contributed by atoms with Crippen molar-refractivity contribution in [3.05, 3.63) is 11.6 Å². The number of nitrogens with zero attached hydrogens (tertiary/aromatic N) is 1. The molecule has 0 aromatic heterocycles. The third-order valence-electron chi connectivity index (χ3n) is 3.96. The quantitative estimate of drug-likeness (QED) is 0.363. The van der Waals surface area contributed by atoms with E-state index in [9.17, 15) is 39.5 Å². The molecule has 11 heteroatoms. The number of rotatable bonds is 0. The molecule has 0 saturated carbocycles. The first-order valence-corrected chi connectivity index (χ1v) is 5.46. The van der Waals surface area contributed by atoms with Crippen molar-refractivity contribution in [3.63, 3.8) is 0 Å². The van der Waals surface area contributed by atoms with Gasteiger partial charge >= 0.3 is 24.6 Å². The van der Waals surface area contributed by atoms with E-state index >= 15 is 0 Å². The Kier molecular flexibility index (Phi) is 3.71. The first kappa shape index (κ1) is 17.2. The highest BCUT2D eigenvalue weighted by Gasteiger charge is 2.77. The zero-order chi connectivity index (χ0) is 16.2. The molecule has 0 aromatic carbocycles. The molecule has 0 amide bonds. The number of alkyl halides is 9. The van der Waals surface area contributed by atoms with Gasteiger partial charge in [0.15, 0.2) is 0 Å². The van der Waals surface area contributed by atoms with Gasteiger partial charge in [-0.15, -0.1) is 0 Å². The summed E-state index contributed by atoms with van der Waals surface area (Å²) in [4.78, 5) is 0. The first-order chi connectivity index (χ1) is 8.56. The Morgan fingerprint density at radius 3 is 1.60 bits per heavy atom. The fourth-order valence-corrected chi connectivity index (χ4v) is 2.62. The maximum absolute atomic E-state index is 13.0. The standard InChI is InChI=1S/C9H11BF9N/c1-20(2)4-3-6(7(11,12)13)5-10(20,8(14,15)16)9(17,18)19/h3H,4-5H2,1-2H3. The topological polar surface area (TPSA) is 0 Å². The molecular formula is C9H11BF9N. The van der Waals surface area contributed by atoms with Crippen molar-refractivity contribution in [2.75, 3.05) is 20.6 Å². The van der Waals surface area contributed by atoms with Crippen molar-refractivity contribution >= 4 is 6.28 Å². The zero-order valence-electron chi connectivity index (χ0n) is 10.4. The van der Waals surface area contributed by atoms with Gasteiger partial charge in [0.1, 0.15) is 0 Å². The molecule has 118 valence electrons. The number of halogens is 9. The van der Waals surface area contributed by atoms with Crippen LogP contribution in [0.15, 0.2) is 11.6 Å². The summed E-state index contributed by atoms with van der Waals surface area (Å²) in [6, 6.07) is 0. The Labute approximate surface area is 108 Å². The van der Waals surface area contributed by atoms with Gasteiger partial charge in [-0.3, -0.25) is 0 Å². The van der Waals surface area contributed by atoms with Crippen molar-refractivity contribution < 1.29 is 43.9 Å². The van der Waals surface area contributed by atoms with E-state index < -0.39 is 47.4 Å². The molecule has 20 heavy (non-hydrogen) atoms. The lowest BCUT2D eigenvalue weighted by atomic mass is 9.26. The molecule has 1 aliphatic rings. The van der Waals surface area contributed by atoms with E-state index in [1.807, 2.05) is 0 Å². The van der Waals surface area contributed by atoms with E-state index in [0.717, 1.165) is 0 Å². The first-order valence-electron chi connectivity index (χ1n) is 5.46. The van der Waals surface area contributed by atoms with Gasteiger partial charge in [0.05, 0.1) is 6.54 Å². The highest BCUT2D eigenvalue weighted by molar-refractivity contribution is 6.77. The molecule has 1 aliphatic heterocycles. The predicted molar refractivity (Wildman–Crippen MR) is 53.8 cm³/mol. The normalized spacial score (nSPS) is 23.4. The van der Waals surface area contributed by atoms with Gasteiger partial charge in [0, 0.05) is 19.7 Å². The molecule has 1 rings (SSSR count). The lowest BCUT2D eigenvalue weighted by Crippen LogP contribution is -2.80. The maximum atomic E-state index is 13.0. The van der Waals surface area contributed by atoms with Crippen LogP contribution in [0.2, 0.25) is 6.32 Å². The summed E-state index contributed by atoms with van der Waals surface area (Å²) in [6.45, 7) is -0.992. The highest BCUT2D eigenvalue weighted by Crippen LogP contribution is 2.52. The highest BCUT2D eigenvalue weighted by atomic mass is 19.4. The van der Waals surface area contributed by atoms with E-state index in [2.05, 4.69) is 0 Å². The summed E-state index contributed by atoms with van der Waals surface area (Å²) in [5.74, 6) is 0. The number of allylic oxidation sites excluding steroid dienone is 1. The fourth-order valence-electron chi connectivity index (χ4n) is 2.62. The molecule has 1 nitrogen and oxygen atoms in total. The molecule has 0 radical (unpaired) electrons. The Morgan fingerprint density at radius 1 is 0.900 bits per heavy atom. The van der Waals surface area contributed by atoms with E-state index in [0.29, 0.717) is 20.2 Å². The van der Waals surface area contributed by atoms with Crippen LogP contribution in [0.5, 0.6) is 0 Å². The van der Waals surface area contributed by atoms with E-state index in [1.165, 1.54) is 0 Å². The zero-order valence-corrected chi connectivity index (χ0v) is 10.4. The van der Waals surface area contributed by atoms with Crippen LogP contribution in [0.25, 0.3) is 0 Å². The van der Waals surface area contributed by atoms with Crippen molar-refractivity contribution in [1.29, 1.82) is 0 Å². The van der Waals surface area contributed by atoms with Crippen LogP contribution in [0.4, 0.5) is 39.5 Å². The second kappa shape index (κ2) is 4.31. The summed E-state index contributed by atoms with van der Waals surface area (Å²) in [5, 5.41) is 0. The minimum absolute atomic E-state index is 0.400. The fraction of sp³-hybridized carbons (Fsp3) is 0.778. The lowest BCUT2D eigenvalue weighted by molar-refractivity contribution is -0.797. The molecule has 0 atom stereocenters. The molecule has 0 aliphatic carbocycles. The molecule has 0 aromatic rings. The Bertz CT molecular complexity index is 401. The maximum Gasteiger partial charge on any atom is 0.424 e. The van der Waals surface area contributed by atoms with Crippen LogP contribution < -0.4 is 0 Å². The number of quaternary nitrogens is 1. The monoisotopic (exact) mass is 315 g/mol. The van der Waals surface area contributed by atoms with E-state index in [1.54, 1.807) is 0 Å². The third kappa shape index (κ3) is 2.40. The molecular weight excluding hydrogens is 304 g/mol.